The quantitative estimate of drug-likeness (QED) is 0.622. The van der Waals surface area contributed by atoms with E-state index in [0.717, 1.165) is 5.56 Å². The second-order valence-corrected chi connectivity index (χ2v) is 6.09. The van der Waals surface area contributed by atoms with Gasteiger partial charge in [-0.25, -0.2) is 9.59 Å². The van der Waals surface area contributed by atoms with Crippen LogP contribution < -0.4 is 10.6 Å². The predicted molar refractivity (Wildman–Crippen MR) is 91.8 cm³/mol. The topological polar surface area (TPSA) is 105 Å². The first-order chi connectivity index (χ1) is 11.4. The largest absolute Gasteiger partial charge is 0.480 e. The molecule has 2 unspecified atom stereocenters. The van der Waals surface area contributed by atoms with Crippen LogP contribution in [0.2, 0.25) is 0 Å². The van der Waals surface area contributed by atoms with Crippen LogP contribution in [0.25, 0.3) is 0 Å². The van der Waals surface area contributed by atoms with Gasteiger partial charge >= 0.3 is 12.1 Å². The molecule has 0 spiro atoms. The van der Waals surface area contributed by atoms with Crippen LogP contribution >= 0.6 is 11.8 Å². The molecule has 1 rings (SSSR count). The van der Waals surface area contributed by atoms with Crippen LogP contribution in [0.3, 0.4) is 0 Å². The molecule has 3 N–H and O–H groups in total. The van der Waals surface area contributed by atoms with Gasteiger partial charge in [-0.05, 0) is 30.9 Å². The summed E-state index contributed by atoms with van der Waals surface area (Å²) < 4.78 is 5.02. The number of carboxylic acids is 1. The highest BCUT2D eigenvalue weighted by Gasteiger charge is 2.23. The maximum absolute atomic E-state index is 12.0. The Morgan fingerprint density at radius 3 is 2.46 bits per heavy atom. The molecule has 0 aliphatic heterocycles. The van der Waals surface area contributed by atoms with E-state index in [1.807, 2.05) is 36.6 Å². The van der Waals surface area contributed by atoms with E-state index in [2.05, 4.69) is 10.6 Å². The number of nitrogens with one attached hydrogen (secondary N) is 2. The van der Waals surface area contributed by atoms with E-state index in [9.17, 15) is 14.4 Å². The fourth-order valence-electron chi connectivity index (χ4n) is 1.80. The van der Waals surface area contributed by atoms with Gasteiger partial charge in [-0.1, -0.05) is 30.3 Å². The Hall–Kier alpha value is -2.22. The standard InChI is InChI=1S/C16H22N2O5S/c1-11(14(19)18-13(15(20)21)8-9-24-2)17-16(22)23-10-12-6-4-3-5-7-12/h3-7,11,13H,8-10H2,1-2H3,(H,17,22)(H,18,19)(H,20,21). The number of thioether (sulfide) groups is 1. The maximum Gasteiger partial charge on any atom is 0.408 e. The van der Waals surface area contributed by atoms with Crippen molar-refractivity contribution in [1.82, 2.24) is 10.6 Å². The molecule has 0 heterocycles. The van der Waals surface area contributed by atoms with E-state index in [4.69, 9.17) is 9.84 Å². The molecular formula is C16H22N2O5S. The number of hydrogen-bond donors (Lipinski definition) is 3. The van der Waals surface area contributed by atoms with E-state index in [0.29, 0.717) is 12.2 Å². The van der Waals surface area contributed by atoms with Gasteiger partial charge in [0.1, 0.15) is 18.7 Å². The van der Waals surface area contributed by atoms with Gasteiger partial charge in [-0.2, -0.15) is 11.8 Å². The van der Waals surface area contributed by atoms with E-state index in [1.54, 1.807) is 0 Å². The van der Waals surface area contributed by atoms with E-state index in [1.165, 1.54) is 18.7 Å². The van der Waals surface area contributed by atoms with E-state index >= 15 is 0 Å². The highest BCUT2D eigenvalue weighted by molar-refractivity contribution is 7.98. The molecule has 0 saturated carbocycles. The highest BCUT2D eigenvalue weighted by Crippen LogP contribution is 2.03. The number of aliphatic carboxylic acids is 1. The number of carboxylic acid groups (broad SMARTS) is 1. The van der Waals surface area contributed by atoms with Crippen molar-refractivity contribution in [1.29, 1.82) is 0 Å². The summed E-state index contributed by atoms with van der Waals surface area (Å²) in [4.78, 5) is 34.8. The lowest BCUT2D eigenvalue weighted by molar-refractivity contribution is -0.142. The third-order valence-corrected chi connectivity index (χ3v) is 3.81. The Balaban J connectivity index is 2.41. The lowest BCUT2D eigenvalue weighted by atomic mass is 10.2. The van der Waals surface area contributed by atoms with Gasteiger partial charge in [-0.3, -0.25) is 4.79 Å². The third-order valence-electron chi connectivity index (χ3n) is 3.17. The zero-order chi connectivity index (χ0) is 17.9. The van der Waals surface area contributed by atoms with Crippen molar-refractivity contribution in [2.24, 2.45) is 0 Å². The van der Waals surface area contributed by atoms with Crippen molar-refractivity contribution in [3.8, 4) is 0 Å². The average molecular weight is 354 g/mol. The monoisotopic (exact) mass is 354 g/mol. The Morgan fingerprint density at radius 2 is 1.88 bits per heavy atom. The molecule has 24 heavy (non-hydrogen) atoms. The first kappa shape index (κ1) is 19.8. The molecule has 7 nitrogen and oxygen atoms in total. The minimum atomic E-state index is -1.10. The van der Waals surface area contributed by atoms with Gasteiger partial charge < -0.3 is 20.5 Å². The Kier molecular flexibility index (Phi) is 8.70. The van der Waals surface area contributed by atoms with Crippen LogP contribution in [0.5, 0.6) is 0 Å². The summed E-state index contributed by atoms with van der Waals surface area (Å²) in [5.41, 5.74) is 0.827. The summed E-state index contributed by atoms with van der Waals surface area (Å²) in [5, 5.41) is 13.9. The first-order valence-corrected chi connectivity index (χ1v) is 8.82. The molecule has 0 aliphatic carbocycles. The number of amides is 2. The molecule has 8 heteroatoms. The van der Waals surface area contributed by atoms with E-state index in [-0.39, 0.29) is 6.61 Å². The molecule has 132 valence electrons. The summed E-state index contributed by atoms with van der Waals surface area (Å²) in [5.74, 6) is -1.06. The molecule has 0 aromatic heterocycles. The van der Waals surface area contributed by atoms with Gasteiger partial charge in [0.25, 0.3) is 0 Å². The molecule has 0 aliphatic rings. The third kappa shape index (κ3) is 7.36. The van der Waals surface area contributed by atoms with Crippen LogP contribution in [0.15, 0.2) is 30.3 Å². The van der Waals surface area contributed by atoms with Gasteiger partial charge in [0, 0.05) is 0 Å². The number of ether oxygens (including phenoxy) is 1. The number of rotatable bonds is 9. The van der Waals surface area contributed by atoms with Gasteiger partial charge in [0.15, 0.2) is 0 Å². The van der Waals surface area contributed by atoms with Crippen molar-refractivity contribution in [2.45, 2.75) is 32.0 Å². The summed E-state index contributed by atoms with van der Waals surface area (Å²) >= 11 is 1.49. The molecule has 0 bridgehead atoms. The Morgan fingerprint density at radius 1 is 1.21 bits per heavy atom. The molecule has 1 aromatic carbocycles. The van der Waals surface area contributed by atoms with Crippen LogP contribution in [-0.2, 0) is 20.9 Å². The van der Waals surface area contributed by atoms with Crippen molar-refractivity contribution >= 4 is 29.7 Å². The molecule has 2 atom stereocenters. The highest BCUT2D eigenvalue weighted by atomic mass is 32.2. The lowest BCUT2D eigenvalue weighted by Gasteiger charge is -2.18. The van der Waals surface area contributed by atoms with Crippen molar-refractivity contribution in [2.75, 3.05) is 12.0 Å². The number of carbonyl (C=O) groups excluding carboxylic acids is 2. The number of hydrogen-bond acceptors (Lipinski definition) is 5. The molecule has 0 saturated heterocycles. The van der Waals surface area contributed by atoms with Crippen molar-refractivity contribution in [3.05, 3.63) is 35.9 Å². The number of benzene rings is 1. The predicted octanol–water partition coefficient (Wildman–Crippen LogP) is 1.62. The molecule has 2 amide bonds. The normalized spacial score (nSPS) is 12.8. The first-order valence-electron chi connectivity index (χ1n) is 7.43. The Bertz CT molecular complexity index is 553. The van der Waals surface area contributed by atoms with Crippen molar-refractivity contribution in [3.63, 3.8) is 0 Å². The van der Waals surface area contributed by atoms with Gasteiger partial charge in [0.05, 0.1) is 0 Å². The number of alkyl carbamates (subject to hydrolysis) is 1. The van der Waals surface area contributed by atoms with E-state index < -0.39 is 30.1 Å². The van der Waals surface area contributed by atoms with Crippen LogP contribution in [0.1, 0.15) is 18.9 Å². The zero-order valence-electron chi connectivity index (χ0n) is 13.7. The maximum atomic E-state index is 12.0. The second kappa shape index (κ2) is 10.5. The van der Waals surface area contributed by atoms with Crippen LogP contribution in [0, 0.1) is 0 Å². The summed E-state index contributed by atoms with van der Waals surface area (Å²) in [6.07, 6.45) is 1.43. The number of carbonyl (C=O) groups is 3. The van der Waals surface area contributed by atoms with Gasteiger partial charge in [-0.15, -0.1) is 0 Å². The minimum Gasteiger partial charge on any atom is -0.480 e. The lowest BCUT2D eigenvalue weighted by Crippen LogP contribution is -2.50. The fourth-order valence-corrected chi connectivity index (χ4v) is 2.27. The summed E-state index contributed by atoms with van der Waals surface area (Å²) in [7, 11) is 0. The van der Waals surface area contributed by atoms with Gasteiger partial charge in [0.2, 0.25) is 5.91 Å². The summed E-state index contributed by atoms with van der Waals surface area (Å²) in [6, 6.07) is 7.25. The smallest absolute Gasteiger partial charge is 0.408 e. The average Bonchev–Trinajstić information content (AvgIpc) is 2.57. The zero-order valence-corrected chi connectivity index (χ0v) is 14.5. The SMILES string of the molecule is CSCCC(NC(=O)C(C)NC(=O)OCc1ccccc1)C(=O)O. The molecule has 0 radical (unpaired) electrons. The second-order valence-electron chi connectivity index (χ2n) is 5.11. The fraction of sp³-hybridized carbons (Fsp3) is 0.438. The molecule has 1 aromatic rings. The Labute approximate surface area is 145 Å². The summed E-state index contributed by atoms with van der Waals surface area (Å²) in [6.45, 7) is 1.55. The van der Waals surface area contributed by atoms with Crippen LogP contribution in [-0.4, -0.2) is 47.2 Å². The van der Waals surface area contributed by atoms with Crippen LogP contribution in [0.4, 0.5) is 4.79 Å². The van der Waals surface area contributed by atoms with Crippen molar-refractivity contribution < 1.29 is 24.2 Å². The molecule has 0 fully saturated rings. The minimum absolute atomic E-state index is 0.0898. The molecular weight excluding hydrogens is 332 g/mol.